The molecule has 0 fully saturated rings. The van der Waals surface area contributed by atoms with Gasteiger partial charge in [-0.05, 0) is 19.5 Å². The summed E-state index contributed by atoms with van der Waals surface area (Å²) in [4.78, 5) is 0. The normalized spacial score (nSPS) is 9.87. The Balaban J connectivity index is 2.85. The monoisotopic (exact) mass is 204 g/mol. The number of hydrogen-bond acceptors (Lipinski definition) is 0. The Morgan fingerprint density at radius 1 is 1.13 bits per heavy atom. The minimum atomic E-state index is 0.981. The molecule has 0 spiro atoms. The van der Waals surface area contributed by atoms with Crippen molar-refractivity contribution in [3.05, 3.63) is 29.3 Å². The lowest BCUT2D eigenvalue weighted by molar-refractivity contribution is -0.516. The highest BCUT2D eigenvalue weighted by Gasteiger charge is 1.95. The molecular weight excluding hydrogens is 184 g/mol. The highest BCUT2D eigenvalue weighted by molar-refractivity contribution is 5.76. The first-order chi connectivity index (χ1) is 7.19. The molecule has 0 bridgehead atoms. The summed E-state index contributed by atoms with van der Waals surface area (Å²) in [6, 6.07) is 6.30. The van der Waals surface area contributed by atoms with Gasteiger partial charge in [0.1, 0.15) is 6.34 Å². The van der Waals surface area contributed by atoms with Crippen molar-refractivity contribution in [3.8, 4) is 0 Å². The molecule has 0 saturated carbocycles. The van der Waals surface area contributed by atoms with Crippen molar-refractivity contribution in [1.82, 2.24) is 0 Å². The van der Waals surface area contributed by atoms with E-state index in [0.29, 0.717) is 0 Å². The lowest BCUT2D eigenvalue weighted by Gasteiger charge is -2.14. The smallest absolute Gasteiger partial charge is 0.129 e. The average Bonchev–Trinajstić information content (AvgIpc) is 2.23. The number of nitrogens with one attached hydrogen (secondary N) is 1. The minimum absolute atomic E-state index is 0.981. The number of hydrogen-bond donors (Lipinski definition) is 1. The molecule has 0 aromatic heterocycles. The molecule has 1 N–H and O–H groups in total. The Labute approximate surface area is 92.6 Å². The molecular formula is C13H20N2. The molecule has 0 radical (unpaired) electrons. The zero-order valence-electron chi connectivity index (χ0n) is 10.1. The van der Waals surface area contributed by atoms with Crippen LogP contribution >= 0.6 is 0 Å². The van der Waals surface area contributed by atoms with E-state index in [1.54, 1.807) is 0 Å². The first-order valence-electron chi connectivity index (χ1n) is 5.51. The summed E-state index contributed by atoms with van der Waals surface area (Å²) in [5.74, 6) is 0. The fourth-order valence-electron chi connectivity index (χ4n) is 1.53. The molecule has 0 aliphatic heterocycles. The standard InChI is InChI=1S/C13H20N2/c1-5-15(6-2)10-14-13-11(3)8-7-9-12(13)4/h7-9,14H,5-6H2,1-4H3. The topological polar surface area (TPSA) is 15.0 Å². The van der Waals surface area contributed by atoms with Gasteiger partial charge in [-0.3, -0.25) is 0 Å². The summed E-state index contributed by atoms with van der Waals surface area (Å²) in [6.07, 6.45) is 3.20. The van der Waals surface area contributed by atoms with Crippen LogP contribution < -0.4 is 5.32 Å². The van der Waals surface area contributed by atoms with E-state index in [2.05, 4.69) is 62.1 Å². The van der Waals surface area contributed by atoms with Crippen molar-refractivity contribution in [3.63, 3.8) is 0 Å². The third kappa shape index (κ3) is 3.08. The lowest BCUT2D eigenvalue weighted by atomic mass is 10.1. The van der Waals surface area contributed by atoms with E-state index < -0.39 is 0 Å². The highest BCUT2D eigenvalue weighted by Crippen LogP contribution is 2.18. The van der Waals surface area contributed by atoms with E-state index in [-0.39, 0.29) is 0 Å². The molecule has 1 rings (SSSR count). The number of aryl methyl sites for hydroxylation is 2. The minimum Gasteiger partial charge on any atom is -0.407 e. The van der Waals surface area contributed by atoms with Crippen LogP contribution in [0.2, 0.25) is 0 Å². The summed E-state index contributed by atoms with van der Waals surface area (Å²) in [6.45, 7) is 10.4. The lowest BCUT2D eigenvalue weighted by Crippen LogP contribution is -2.17. The average molecular weight is 204 g/mol. The summed E-state index contributed by atoms with van der Waals surface area (Å²) >= 11 is 0. The molecule has 1 aromatic carbocycles. The van der Waals surface area contributed by atoms with Gasteiger partial charge in [-0.25, -0.2) is 0 Å². The quantitative estimate of drug-likeness (QED) is 0.262. The highest BCUT2D eigenvalue weighted by atomic mass is 15.1. The van der Waals surface area contributed by atoms with E-state index in [4.69, 9.17) is 0 Å². The molecule has 2 nitrogen and oxygen atoms in total. The Morgan fingerprint density at radius 2 is 1.67 bits per heavy atom. The molecule has 2 heteroatoms. The van der Waals surface area contributed by atoms with Crippen molar-refractivity contribution in [1.29, 1.82) is 0 Å². The van der Waals surface area contributed by atoms with Crippen molar-refractivity contribution >= 4 is 12.0 Å². The van der Waals surface area contributed by atoms with E-state index >= 15 is 0 Å². The van der Waals surface area contributed by atoms with Gasteiger partial charge >= 0.3 is 0 Å². The molecule has 0 aliphatic rings. The maximum Gasteiger partial charge on any atom is 0.129 e. The first-order valence-corrected chi connectivity index (χ1v) is 5.51. The second-order valence-electron chi connectivity index (χ2n) is 3.68. The zero-order chi connectivity index (χ0) is 11.3. The van der Waals surface area contributed by atoms with Crippen molar-refractivity contribution < 1.29 is 4.58 Å². The van der Waals surface area contributed by atoms with Gasteiger partial charge in [0.25, 0.3) is 0 Å². The van der Waals surface area contributed by atoms with Crippen molar-refractivity contribution in [2.45, 2.75) is 27.7 Å². The zero-order valence-corrected chi connectivity index (χ0v) is 10.1. The number of nitrogens with zero attached hydrogens (tertiary/aromatic N) is 1. The maximum atomic E-state index is 3.26. The summed E-state index contributed by atoms with van der Waals surface area (Å²) in [5, 5.41) is 3.26. The Kier molecular flexibility index (Phi) is 4.35. The fraction of sp³-hybridized carbons (Fsp3) is 0.462. The van der Waals surface area contributed by atoms with Crippen molar-refractivity contribution in [2.24, 2.45) is 0 Å². The third-order valence-corrected chi connectivity index (χ3v) is 2.58. The van der Waals surface area contributed by atoms with Gasteiger partial charge in [-0.2, -0.15) is 0 Å². The number of rotatable bonds is 4. The van der Waals surface area contributed by atoms with Gasteiger partial charge in [0.2, 0.25) is 0 Å². The van der Waals surface area contributed by atoms with Crippen LogP contribution in [-0.2, 0) is 0 Å². The van der Waals surface area contributed by atoms with Crippen LogP contribution in [0.15, 0.2) is 18.2 Å². The molecule has 0 atom stereocenters. The molecule has 0 unspecified atom stereocenters. The fourth-order valence-corrected chi connectivity index (χ4v) is 1.53. The third-order valence-electron chi connectivity index (χ3n) is 2.58. The summed E-state index contributed by atoms with van der Waals surface area (Å²) < 4.78 is 2.12. The van der Waals surface area contributed by atoms with Gasteiger partial charge in [-0.15, -0.1) is 0 Å². The van der Waals surface area contributed by atoms with Gasteiger partial charge in [0, 0.05) is 0 Å². The number of anilines is 1. The Bertz CT molecular complexity index is 327. The first kappa shape index (κ1) is 11.8. The van der Waals surface area contributed by atoms with Crippen LogP contribution in [0, 0.1) is 13.8 Å². The molecule has 82 valence electrons. The molecule has 0 aliphatic carbocycles. The van der Waals surface area contributed by atoms with Crippen LogP contribution in [0.25, 0.3) is 0 Å². The van der Waals surface area contributed by atoms with Crippen LogP contribution in [-0.4, -0.2) is 24.0 Å². The second-order valence-corrected chi connectivity index (χ2v) is 3.68. The van der Waals surface area contributed by atoms with Crippen LogP contribution in [0.4, 0.5) is 5.69 Å². The van der Waals surface area contributed by atoms with Crippen LogP contribution in [0.1, 0.15) is 25.0 Å². The Hall–Kier alpha value is -1.31. The maximum absolute atomic E-state index is 3.26. The number of benzene rings is 1. The second kappa shape index (κ2) is 5.54. The molecule has 1 aromatic rings. The van der Waals surface area contributed by atoms with E-state index in [1.165, 1.54) is 16.8 Å². The van der Waals surface area contributed by atoms with Gasteiger partial charge in [0.05, 0.1) is 13.1 Å². The van der Waals surface area contributed by atoms with Crippen LogP contribution in [0.3, 0.4) is 0 Å². The van der Waals surface area contributed by atoms with Gasteiger partial charge in [-0.1, -0.05) is 43.2 Å². The van der Waals surface area contributed by atoms with E-state index in [9.17, 15) is 0 Å². The molecule has 0 saturated heterocycles. The molecule has 15 heavy (non-hydrogen) atoms. The molecule has 0 amide bonds. The van der Waals surface area contributed by atoms with E-state index in [0.717, 1.165) is 13.1 Å². The predicted octanol–water partition coefficient (Wildman–Crippen LogP) is 2.67. The van der Waals surface area contributed by atoms with Crippen molar-refractivity contribution in [2.75, 3.05) is 18.4 Å². The summed E-state index contributed by atoms with van der Waals surface area (Å²) in [5.41, 5.74) is 3.69. The van der Waals surface area contributed by atoms with Gasteiger partial charge < -0.3 is 9.89 Å². The van der Waals surface area contributed by atoms with Crippen LogP contribution in [0.5, 0.6) is 0 Å². The van der Waals surface area contributed by atoms with E-state index in [1.807, 2.05) is 0 Å². The largest absolute Gasteiger partial charge is 0.407 e. The number of para-hydroxylation sites is 1. The SMILES string of the molecule is CC[N+](=[C-]Nc1c(C)cccc1C)CC. The Morgan fingerprint density at radius 3 is 2.13 bits per heavy atom. The summed E-state index contributed by atoms with van der Waals surface area (Å²) in [7, 11) is 0. The predicted molar refractivity (Wildman–Crippen MR) is 65.9 cm³/mol. The molecule has 0 heterocycles. The van der Waals surface area contributed by atoms with Gasteiger partial charge in [0.15, 0.2) is 0 Å².